The normalized spacial score (nSPS) is 11.2. The maximum atomic E-state index is 12.1. The number of thiophene rings is 1. The number of hydrogen-bond donors (Lipinski definition) is 2. The van der Waals surface area contributed by atoms with Crippen molar-refractivity contribution in [3.05, 3.63) is 45.7 Å². The second kappa shape index (κ2) is 5.94. The highest BCUT2D eigenvalue weighted by Crippen LogP contribution is 2.27. The third-order valence-corrected chi connectivity index (χ3v) is 5.89. The van der Waals surface area contributed by atoms with Crippen molar-refractivity contribution in [2.45, 2.75) is 10.6 Å². The summed E-state index contributed by atoms with van der Waals surface area (Å²) in [6, 6.07) is 9.71. The molecule has 0 aliphatic rings. The number of nitrogens with two attached hydrogens (primary N) is 1. The van der Waals surface area contributed by atoms with Crippen molar-refractivity contribution in [3.63, 3.8) is 0 Å². The van der Waals surface area contributed by atoms with Crippen molar-refractivity contribution < 1.29 is 13.2 Å². The summed E-state index contributed by atoms with van der Waals surface area (Å²) in [4.78, 5) is 10.8. The molecule has 1 aromatic carbocycles. The third kappa shape index (κ3) is 3.81. The molecule has 1 aromatic heterocycles. The van der Waals surface area contributed by atoms with Crippen LogP contribution in [0.25, 0.3) is 0 Å². The van der Waals surface area contributed by atoms with E-state index >= 15 is 0 Å². The summed E-state index contributed by atoms with van der Waals surface area (Å²) in [7, 11) is -3.58. The fourth-order valence-corrected chi connectivity index (χ4v) is 4.61. The minimum absolute atomic E-state index is 0.130. The smallest absolute Gasteiger partial charge is 0.271 e. The van der Waals surface area contributed by atoms with E-state index in [-0.39, 0.29) is 10.6 Å². The quantitative estimate of drug-likeness (QED) is 0.841. The monoisotopic (exact) mass is 374 g/mol. The van der Waals surface area contributed by atoms with Crippen molar-refractivity contribution >= 4 is 48.9 Å². The summed E-state index contributed by atoms with van der Waals surface area (Å²) >= 11 is 4.36. The molecule has 1 heterocycles. The van der Waals surface area contributed by atoms with Gasteiger partial charge >= 0.3 is 0 Å². The van der Waals surface area contributed by atoms with E-state index in [9.17, 15) is 13.2 Å². The number of benzene rings is 1. The molecule has 0 spiro atoms. The SMILES string of the molecule is NC(=O)Cc1ccc(NS(=O)(=O)c2ccc(Br)s2)cc1. The maximum Gasteiger partial charge on any atom is 0.271 e. The molecule has 0 bridgehead atoms. The average Bonchev–Trinajstić information content (AvgIpc) is 2.78. The van der Waals surface area contributed by atoms with E-state index < -0.39 is 15.9 Å². The van der Waals surface area contributed by atoms with E-state index in [2.05, 4.69) is 20.7 Å². The Kier molecular flexibility index (Phi) is 4.46. The number of halogens is 1. The Balaban J connectivity index is 2.15. The lowest BCUT2D eigenvalue weighted by atomic mass is 10.1. The predicted octanol–water partition coefficient (Wildman–Crippen LogP) is 2.34. The Morgan fingerprint density at radius 3 is 2.35 bits per heavy atom. The molecule has 5 nitrogen and oxygen atoms in total. The van der Waals surface area contributed by atoms with Crippen molar-refractivity contribution in [2.24, 2.45) is 5.73 Å². The largest absolute Gasteiger partial charge is 0.369 e. The minimum atomic E-state index is -3.58. The summed E-state index contributed by atoms with van der Waals surface area (Å²) in [5.74, 6) is -0.429. The van der Waals surface area contributed by atoms with Crippen molar-refractivity contribution in [1.82, 2.24) is 0 Å². The topological polar surface area (TPSA) is 89.3 Å². The van der Waals surface area contributed by atoms with E-state index in [1.807, 2.05) is 0 Å². The van der Waals surface area contributed by atoms with Gasteiger partial charge in [0.15, 0.2) is 0 Å². The van der Waals surface area contributed by atoms with Crippen LogP contribution in [0.4, 0.5) is 5.69 Å². The zero-order chi connectivity index (χ0) is 14.8. The Bertz CT molecular complexity index is 723. The third-order valence-electron chi connectivity index (χ3n) is 2.40. The first-order valence-corrected chi connectivity index (χ1v) is 8.61. The van der Waals surface area contributed by atoms with E-state index in [4.69, 9.17) is 5.73 Å². The van der Waals surface area contributed by atoms with Gasteiger partial charge in [0.1, 0.15) is 4.21 Å². The van der Waals surface area contributed by atoms with Crippen LogP contribution in [-0.2, 0) is 21.2 Å². The summed E-state index contributed by atoms with van der Waals surface area (Å²) in [6.07, 6.45) is 0.130. The number of hydrogen-bond acceptors (Lipinski definition) is 4. The molecule has 0 unspecified atom stereocenters. The van der Waals surface area contributed by atoms with Crippen LogP contribution >= 0.6 is 27.3 Å². The number of anilines is 1. The van der Waals surface area contributed by atoms with E-state index in [1.54, 1.807) is 30.3 Å². The number of primary amides is 1. The molecule has 0 saturated heterocycles. The summed E-state index contributed by atoms with van der Waals surface area (Å²) in [6.45, 7) is 0. The van der Waals surface area contributed by atoms with Gasteiger partial charge in [0.2, 0.25) is 5.91 Å². The first-order chi connectivity index (χ1) is 9.37. The number of sulfonamides is 1. The molecule has 0 fully saturated rings. The summed E-state index contributed by atoms with van der Waals surface area (Å²) < 4.78 is 27.6. The average molecular weight is 375 g/mol. The molecule has 8 heteroatoms. The van der Waals surface area contributed by atoms with Gasteiger partial charge < -0.3 is 5.73 Å². The fraction of sp³-hybridized carbons (Fsp3) is 0.0833. The fourth-order valence-electron chi connectivity index (χ4n) is 1.54. The van der Waals surface area contributed by atoms with Gasteiger partial charge in [-0.25, -0.2) is 8.42 Å². The van der Waals surface area contributed by atoms with Crippen molar-refractivity contribution in [2.75, 3.05) is 4.72 Å². The first kappa shape index (κ1) is 15.0. The molecule has 0 atom stereocenters. The molecule has 0 saturated carbocycles. The standard InChI is InChI=1S/C12H11BrN2O3S2/c13-10-5-6-12(19-10)20(17,18)15-9-3-1-8(2-4-9)7-11(14)16/h1-6,15H,7H2,(H2,14,16). The van der Waals surface area contributed by atoms with Gasteiger partial charge in [-0.2, -0.15) is 0 Å². The van der Waals surface area contributed by atoms with Gasteiger partial charge in [-0.05, 0) is 45.8 Å². The Morgan fingerprint density at radius 2 is 1.85 bits per heavy atom. The molecule has 0 aliphatic carbocycles. The first-order valence-electron chi connectivity index (χ1n) is 5.52. The van der Waals surface area contributed by atoms with Crippen LogP contribution in [0.3, 0.4) is 0 Å². The van der Waals surface area contributed by atoms with Gasteiger partial charge in [0, 0.05) is 5.69 Å². The highest BCUT2D eigenvalue weighted by atomic mass is 79.9. The van der Waals surface area contributed by atoms with Crippen LogP contribution in [0.5, 0.6) is 0 Å². The highest BCUT2D eigenvalue weighted by Gasteiger charge is 2.16. The predicted molar refractivity (Wildman–Crippen MR) is 82.2 cm³/mol. The molecule has 20 heavy (non-hydrogen) atoms. The van der Waals surface area contributed by atoms with Gasteiger partial charge in [0.25, 0.3) is 10.0 Å². The maximum absolute atomic E-state index is 12.1. The van der Waals surface area contributed by atoms with Crippen molar-refractivity contribution in [3.8, 4) is 0 Å². The zero-order valence-corrected chi connectivity index (χ0v) is 13.4. The number of rotatable bonds is 5. The molecular weight excluding hydrogens is 364 g/mol. The molecule has 106 valence electrons. The minimum Gasteiger partial charge on any atom is -0.369 e. The Hall–Kier alpha value is -1.38. The number of nitrogens with one attached hydrogen (secondary N) is 1. The van der Waals surface area contributed by atoms with Gasteiger partial charge in [0.05, 0.1) is 10.2 Å². The van der Waals surface area contributed by atoms with E-state index in [0.29, 0.717) is 5.69 Å². The van der Waals surface area contributed by atoms with Crippen LogP contribution in [0, 0.1) is 0 Å². The van der Waals surface area contributed by atoms with Crippen LogP contribution in [-0.4, -0.2) is 14.3 Å². The van der Waals surface area contributed by atoms with E-state index in [0.717, 1.165) is 20.7 Å². The Morgan fingerprint density at radius 1 is 1.20 bits per heavy atom. The lowest BCUT2D eigenvalue weighted by molar-refractivity contribution is -0.117. The molecule has 1 amide bonds. The molecule has 2 rings (SSSR count). The number of amides is 1. The Labute approximate surface area is 129 Å². The second-order valence-electron chi connectivity index (χ2n) is 4.00. The lowest BCUT2D eigenvalue weighted by Crippen LogP contribution is -2.14. The second-order valence-corrected chi connectivity index (χ2v) is 8.38. The molecular formula is C12H11BrN2O3S2. The zero-order valence-electron chi connectivity index (χ0n) is 10.2. The lowest BCUT2D eigenvalue weighted by Gasteiger charge is -2.06. The summed E-state index contributed by atoms with van der Waals surface area (Å²) in [5.41, 5.74) is 6.26. The molecule has 0 aliphatic heterocycles. The molecule has 3 N–H and O–H groups in total. The van der Waals surface area contributed by atoms with Crippen LogP contribution in [0.1, 0.15) is 5.56 Å². The van der Waals surface area contributed by atoms with Crippen LogP contribution in [0.15, 0.2) is 44.4 Å². The number of carbonyl (C=O) groups excluding carboxylic acids is 1. The summed E-state index contributed by atoms with van der Waals surface area (Å²) in [5, 5.41) is 0. The van der Waals surface area contributed by atoms with Gasteiger partial charge in [-0.15, -0.1) is 11.3 Å². The highest BCUT2D eigenvalue weighted by molar-refractivity contribution is 9.11. The van der Waals surface area contributed by atoms with Crippen LogP contribution < -0.4 is 10.5 Å². The van der Waals surface area contributed by atoms with Crippen LogP contribution in [0.2, 0.25) is 0 Å². The molecule has 0 radical (unpaired) electrons. The van der Waals surface area contributed by atoms with Gasteiger partial charge in [-0.1, -0.05) is 12.1 Å². The van der Waals surface area contributed by atoms with Crippen molar-refractivity contribution in [1.29, 1.82) is 0 Å². The number of carbonyl (C=O) groups is 1. The van der Waals surface area contributed by atoms with Gasteiger partial charge in [-0.3, -0.25) is 9.52 Å². The molecule has 2 aromatic rings. The van der Waals surface area contributed by atoms with E-state index in [1.165, 1.54) is 6.07 Å².